The molecule has 1 aromatic carbocycles. The number of benzene rings is 1. The van der Waals surface area contributed by atoms with Gasteiger partial charge in [-0.1, -0.05) is 12.8 Å². The summed E-state index contributed by atoms with van der Waals surface area (Å²) in [5.41, 5.74) is -0.193. The van der Waals surface area contributed by atoms with Crippen LogP contribution >= 0.6 is 10.7 Å². The standard InChI is InChI=1S/C13H15ClFNO3S/c14-20(18,19)12-6-5-10(15)9-11(12)13(17)16-7-3-1-2-4-8-16/h5-6,9H,1-4,7-8H2. The third kappa shape index (κ3) is 3.49. The Labute approximate surface area is 121 Å². The highest BCUT2D eigenvalue weighted by Gasteiger charge is 2.25. The molecule has 0 aromatic heterocycles. The van der Waals surface area contributed by atoms with Crippen LogP contribution in [-0.4, -0.2) is 32.3 Å². The topological polar surface area (TPSA) is 54.5 Å². The molecule has 0 radical (unpaired) electrons. The lowest BCUT2D eigenvalue weighted by Crippen LogP contribution is -2.32. The predicted octanol–water partition coefficient (Wildman–Crippen LogP) is 2.77. The third-order valence-corrected chi connectivity index (χ3v) is 4.71. The Balaban J connectivity index is 2.40. The van der Waals surface area contributed by atoms with Gasteiger partial charge in [0.1, 0.15) is 5.82 Å². The van der Waals surface area contributed by atoms with E-state index >= 15 is 0 Å². The Kier molecular flexibility index (Phi) is 4.65. The third-order valence-electron chi connectivity index (χ3n) is 3.33. The summed E-state index contributed by atoms with van der Waals surface area (Å²) in [6, 6.07) is 2.94. The molecule has 1 aliphatic heterocycles. The van der Waals surface area contributed by atoms with Crippen LogP contribution in [0.25, 0.3) is 0 Å². The van der Waals surface area contributed by atoms with Crippen LogP contribution in [0.4, 0.5) is 4.39 Å². The minimum atomic E-state index is -4.08. The summed E-state index contributed by atoms with van der Waals surface area (Å²) in [6.45, 7) is 1.11. The minimum Gasteiger partial charge on any atom is -0.339 e. The average Bonchev–Trinajstić information content (AvgIpc) is 2.65. The maximum atomic E-state index is 13.3. The zero-order chi connectivity index (χ0) is 14.8. The van der Waals surface area contributed by atoms with Gasteiger partial charge in [0.2, 0.25) is 0 Å². The van der Waals surface area contributed by atoms with Gasteiger partial charge in [-0.15, -0.1) is 0 Å². The van der Waals surface area contributed by atoms with Gasteiger partial charge in [0.05, 0.1) is 10.5 Å². The molecule has 1 fully saturated rings. The molecule has 0 bridgehead atoms. The Hall–Kier alpha value is -1.14. The molecule has 110 valence electrons. The molecule has 20 heavy (non-hydrogen) atoms. The van der Waals surface area contributed by atoms with Crippen LogP contribution in [0.15, 0.2) is 23.1 Å². The Bertz CT molecular complexity index is 610. The number of amides is 1. The zero-order valence-corrected chi connectivity index (χ0v) is 12.4. The number of hydrogen-bond acceptors (Lipinski definition) is 3. The summed E-state index contributed by atoms with van der Waals surface area (Å²) in [5, 5.41) is 0. The van der Waals surface area contributed by atoms with Gasteiger partial charge in [-0.3, -0.25) is 4.79 Å². The Morgan fingerprint density at radius 3 is 2.30 bits per heavy atom. The lowest BCUT2D eigenvalue weighted by Gasteiger charge is -2.21. The Morgan fingerprint density at radius 2 is 1.75 bits per heavy atom. The van der Waals surface area contributed by atoms with Crippen molar-refractivity contribution >= 4 is 25.6 Å². The van der Waals surface area contributed by atoms with Crippen LogP contribution in [-0.2, 0) is 9.05 Å². The summed E-state index contributed by atoms with van der Waals surface area (Å²) >= 11 is 0. The summed E-state index contributed by atoms with van der Waals surface area (Å²) in [6.07, 6.45) is 3.80. The van der Waals surface area contributed by atoms with E-state index in [1.165, 1.54) is 0 Å². The summed E-state index contributed by atoms with van der Waals surface area (Å²) < 4.78 is 36.3. The number of likely N-dealkylation sites (tertiary alicyclic amines) is 1. The first-order valence-electron chi connectivity index (χ1n) is 6.43. The average molecular weight is 320 g/mol. The van der Waals surface area contributed by atoms with Gasteiger partial charge >= 0.3 is 0 Å². The molecule has 0 aliphatic carbocycles. The van der Waals surface area contributed by atoms with E-state index in [4.69, 9.17) is 10.7 Å². The van der Waals surface area contributed by atoms with E-state index in [0.29, 0.717) is 13.1 Å². The predicted molar refractivity (Wildman–Crippen MR) is 73.8 cm³/mol. The molecule has 0 unspecified atom stereocenters. The van der Waals surface area contributed by atoms with Gasteiger partial charge in [0.15, 0.2) is 0 Å². The van der Waals surface area contributed by atoms with Crippen molar-refractivity contribution in [3.63, 3.8) is 0 Å². The van der Waals surface area contributed by atoms with E-state index in [9.17, 15) is 17.6 Å². The molecule has 0 N–H and O–H groups in total. The van der Waals surface area contributed by atoms with E-state index < -0.39 is 20.8 Å². The van der Waals surface area contributed by atoms with Gasteiger partial charge in [-0.05, 0) is 31.0 Å². The molecular weight excluding hydrogens is 305 g/mol. The minimum absolute atomic E-state index is 0.193. The van der Waals surface area contributed by atoms with Crippen molar-refractivity contribution in [2.24, 2.45) is 0 Å². The molecule has 1 heterocycles. The molecule has 1 aromatic rings. The van der Waals surface area contributed by atoms with Crippen LogP contribution in [0.5, 0.6) is 0 Å². The first kappa shape index (κ1) is 15.3. The highest BCUT2D eigenvalue weighted by Crippen LogP contribution is 2.23. The van der Waals surface area contributed by atoms with Crippen molar-refractivity contribution in [2.45, 2.75) is 30.6 Å². The van der Waals surface area contributed by atoms with Crippen LogP contribution in [0.3, 0.4) is 0 Å². The second-order valence-corrected chi connectivity index (χ2v) is 7.32. The van der Waals surface area contributed by atoms with Crippen LogP contribution < -0.4 is 0 Å². The molecule has 0 spiro atoms. The maximum absolute atomic E-state index is 13.3. The zero-order valence-electron chi connectivity index (χ0n) is 10.8. The number of nitrogens with zero attached hydrogens (tertiary/aromatic N) is 1. The molecule has 0 atom stereocenters. The van der Waals surface area contributed by atoms with Gasteiger partial charge in [-0.25, -0.2) is 12.8 Å². The Morgan fingerprint density at radius 1 is 1.15 bits per heavy atom. The quantitative estimate of drug-likeness (QED) is 0.788. The highest BCUT2D eigenvalue weighted by molar-refractivity contribution is 8.13. The van der Waals surface area contributed by atoms with E-state index in [-0.39, 0.29) is 10.5 Å². The van der Waals surface area contributed by atoms with Crippen LogP contribution in [0.2, 0.25) is 0 Å². The normalized spacial score (nSPS) is 16.8. The number of hydrogen-bond donors (Lipinski definition) is 0. The van der Waals surface area contributed by atoms with Gasteiger partial charge < -0.3 is 4.90 Å². The molecule has 1 amide bonds. The monoisotopic (exact) mass is 319 g/mol. The van der Waals surface area contributed by atoms with Crippen molar-refractivity contribution in [2.75, 3.05) is 13.1 Å². The fourth-order valence-electron chi connectivity index (χ4n) is 2.33. The summed E-state index contributed by atoms with van der Waals surface area (Å²) in [4.78, 5) is 13.6. The lowest BCUT2D eigenvalue weighted by atomic mass is 10.2. The van der Waals surface area contributed by atoms with Crippen molar-refractivity contribution in [3.8, 4) is 0 Å². The molecule has 1 aliphatic rings. The van der Waals surface area contributed by atoms with Gasteiger partial charge in [0, 0.05) is 23.8 Å². The van der Waals surface area contributed by atoms with Crippen LogP contribution in [0.1, 0.15) is 36.0 Å². The number of halogens is 2. The van der Waals surface area contributed by atoms with E-state index in [1.54, 1.807) is 4.90 Å². The maximum Gasteiger partial charge on any atom is 0.262 e. The molecule has 7 heteroatoms. The van der Waals surface area contributed by atoms with Crippen molar-refractivity contribution in [1.29, 1.82) is 0 Å². The van der Waals surface area contributed by atoms with Crippen LogP contribution in [0, 0.1) is 5.82 Å². The van der Waals surface area contributed by atoms with Crippen molar-refractivity contribution in [1.82, 2.24) is 4.90 Å². The number of carbonyl (C=O) groups is 1. The molecule has 2 rings (SSSR count). The number of carbonyl (C=O) groups excluding carboxylic acids is 1. The SMILES string of the molecule is O=C(c1cc(F)ccc1S(=O)(=O)Cl)N1CCCCCC1. The lowest BCUT2D eigenvalue weighted by molar-refractivity contribution is 0.0757. The first-order valence-corrected chi connectivity index (χ1v) is 8.74. The van der Waals surface area contributed by atoms with E-state index in [2.05, 4.69) is 0 Å². The van der Waals surface area contributed by atoms with E-state index in [0.717, 1.165) is 43.9 Å². The van der Waals surface area contributed by atoms with Gasteiger partial charge in [0.25, 0.3) is 15.0 Å². The highest BCUT2D eigenvalue weighted by atomic mass is 35.7. The molecule has 1 saturated heterocycles. The fraction of sp³-hybridized carbons (Fsp3) is 0.462. The van der Waals surface area contributed by atoms with Crippen molar-refractivity contribution in [3.05, 3.63) is 29.6 Å². The second-order valence-electron chi connectivity index (χ2n) is 4.78. The van der Waals surface area contributed by atoms with E-state index in [1.807, 2.05) is 0 Å². The molecular formula is C13H15ClFNO3S. The summed E-state index contributed by atoms with van der Waals surface area (Å²) in [5.74, 6) is -1.14. The van der Waals surface area contributed by atoms with Gasteiger partial charge in [-0.2, -0.15) is 0 Å². The molecule has 0 saturated carbocycles. The first-order chi connectivity index (χ1) is 9.39. The molecule has 4 nitrogen and oxygen atoms in total. The second kappa shape index (κ2) is 6.10. The smallest absolute Gasteiger partial charge is 0.262 e. The summed E-state index contributed by atoms with van der Waals surface area (Å²) in [7, 11) is 1.23. The van der Waals surface area contributed by atoms with Crippen molar-refractivity contribution < 1.29 is 17.6 Å². The number of rotatable bonds is 2. The largest absolute Gasteiger partial charge is 0.339 e. The fourth-order valence-corrected chi connectivity index (χ4v) is 3.37.